The molecule has 3 aliphatic carbocycles. The van der Waals surface area contributed by atoms with Crippen LogP contribution in [-0.4, -0.2) is 10.1 Å². The Morgan fingerprint density at radius 1 is 0.889 bits per heavy atom. The summed E-state index contributed by atoms with van der Waals surface area (Å²) in [5, 5.41) is 11.4. The third kappa shape index (κ3) is 4.94. The maximum absolute atomic E-state index is 16.7. The molecule has 0 amide bonds. The van der Waals surface area contributed by atoms with Gasteiger partial charge in [-0.2, -0.15) is 13.2 Å². The first-order valence-electron chi connectivity index (χ1n) is 13.6. The minimum Gasteiger partial charge on any atom is -0.388 e. The molecule has 2 aromatic rings. The summed E-state index contributed by atoms with van der Waals surface area (Å²) >= 11 is 0. The molecule has 0 spiro atoms. The summed E-state index contributed by atoms with van der Waals surface area (Å²) < 4.78 is 56.2. The van der Waals surface area contributed by atoms with Crippen molar-refractivity contribution < 1.29 is 22.7 Å². The molecule has 2 saturated carbocycles. The minimum atomic E-state index is -4.46. The number of aliphatic hydroxyl groups excluding tert-OH is 1. The fraction of sp³-hybridized carbons (Fsp3) is 0.633. The largest absolute Gasteiger partial charge is 0.416 e. The highest BCUT2D eigenvalue weighted by molar-refractivity contribution is 5.51. The Kier molecular flexibility index (Phi) is 6.95. The Morgan fingerprint density at radius 3 is 2.08 bits per heavy atom. The monoisotopic (exact) mass is 503 g/mol. The number of halogens is 4. The zero-order valence-electron chi connectivity index (χ0n) is 21.3. The quantitative estimate of drug-likeness (QED) is 0.423. The van der Waals surface area contributed by atoms with Crippen LogP contribution >= 0.6 is 0 Å². The number of hydrogen-bond donors (Lipinski definition) is 1. The Morgan fingerprint density at radius 2 is 1.47 bits per heavy atom. The molecule has 196 valence electrons. The second-order valence-corrected chi connectivity index (χ2v) is 12.0. The van der Waals surface area contributed by atoms with Crippen LogP contribution in [0.25, 0.3) is 0 Å². The van der Waals surface area contributed by atoms with Crippen LogP contribution in [0.5, 0.6) is 0 Å². The summed E-state index contributed by atoms with van der Waals surface area (Å²) in [4.78, 5) is 5.12. The summed E-state index contributed by atoms with van der Waals surface area (Å²) in [6, 6.07) is 4.49. The van der Waals surface area contributed by atoms with Gasteiger partial charge in [-0.15, -0.1) is 0 Å². The molecule has 0 unspecified atom stereocenters. The second kappa shape index (κ2) is 9.74. The Balaban J connectivity index is 1.71. The molecule has 1 heterocycles. The molecule has 1 N–H and O–H groups in total. The lowest BCUT2D eigenvalue weighted by atomic mass is 9.69. The van der Waals surface area contributed by atoms with Crippen molar-refractivity contribution in [2.75, 3.05) is 0 Å². The molecule has 0 aliphatic heterocycles. The van der Waals surface area contributed by atoms with Gasteiger partial charge in [-0.3, -0.25) is 4.98 Å². The van der Waals surface area contributed by atoms with Gasteiger partial charge in [-0.25, -0.2) is 4.39 Å². The molecular weight excluding hydrogens is 466 g/mol. The van der Waals surface area contributed by atoms with Crippen molar-refractivity contribution in [2.45, 2.75) is 115 Å². The zero-order valence-corrected chi connectivity index (χ0v) is 21.3. The average molecular weight is 504 g/mol. The fourth-order valence-electron chi connectivity index (χ4n) is 6.98. The van der Waals surface area contributed by atoms with Crippen LogP contribution in [0.2, 0.25) is 0 Å². The van der Waals surface area contributed by atoms with Crippen molar-refractivity contribution >= 4 is 0 Å². The van der Waals surface area contributed by atoms with Gasteiger partial charge in [0, 0.05) is 22.7 Å². The number of nitrogens with zero attached hydrogens (tertiary/aromatic N) is 1. The van der Waals surface area contributed by atoms with Crippen molar-refractivity contribution in [1.29, 1.82) is 0 Å². The highest BCUT2D eigenvalue weighted by Gasteiger charge is 2.41. The standard InChI is InChI=1S/C30H37F4NO/c1-29(2)16-22-25(23(36)17-29)24(18-8-4-3-5-9-18)26(28(35-22)20-10-6-7-11-20)27(31)19-12-14-21(15-13-19)30(32,33)34/h12-15,18,20,23,27,36H,3-11,16-17H2,1-2H3/t23-,27+/m0/s1. The molecule has 0 bridgehead atoms. The van der Waals surface area contributed by atoms with Gasteiger partial charge in [0.1, 0.15) is 0 Å². The predicted octanol–water partition coefficient (Wildman–Crippen LogP) is 8.87. The SMILES string of the molecule is CC1(C)Cc2nc(C3CCCC3)c([C@H](F)c3ccc(C(F)(F)F)cc3)c(C3CCCCC3)c2[C@@H](O)C1. The topological polar surface area (TPSA) is 33.1 Å². The molecular formula is C30H37F4NO. The molecule has 2 fully saturated rings. The molecule has 1 aromatic heterocycles. The smallest absolute Gasteiger partial charge is 0.388 e. The molecule has 3 aliphatic rings. The number of hydrogen-bond acceptors (Lipinski definition) is 2. The van der Waals surface area contributed by atoms with Gasteiger partial charge in [-0.1, -0.05) is 58.1 Å². The normalized spacial score (nSPS) is 24.0. The Bertz CT molecular complexity index is 1080. The fourth-order valence-corrected chi connectivity index (χ4v) is 6.98. The first kappa shape index (κ1) is 25.7. The van der Waals surface area contributed by atoms with Crippen molar-refractivity contribution in [2.24, 2.45) is 5.41 Å². The van der Waals surface area contributed by atoms with E-state index in [0.29, 0.717) is 12.0 Å². The minimum absolute atomic E-state index is 0.0970. The van der Waals surface area contributed by atoms with Gasteiger partial charge in [-0.05, 0) is 73.1 Å². The third-order valence-corrected chi connectivity index (χ3v) is 8.69. The number of pyridine rings is 1. The zero-order chi connectivity index (χ0) is 25.7. The molecule has 2 nitrogen and oxygen atoms in total. The van der Waals surface area contributed by atoms with E-state index in [9.17, 15) is 18.3 Å². The molecule has 5 rings (SSSR count). The molecule has 2 atom stereocenters. The van der Waals surface area contributed by atoms with Gasteiger partial charge in [0.15, 0.2) is 6.17 Å². The number of aromatic nitrogens is 1. The van der Waals surface area contributed by atoms with Crippen LogP contribution in [0.15, 0.2) is 24.3 Å². The third-order valence-electron chi connectivity index (χ3n) is 8.69. The summed E-state index contributed by atoms with van der Waals surface area (Å²) in [7, 11) is 0. The van der Waals surface area contributed by atoms with Crippen molar-refractivity contribution in [3.8, 4) is 0 Å². The number of fused-ring (bicyclic) bond motifs is 1. The van der Waals surface area contributed by atoms with Gasteiger partial charge in [0.25, 0.3) is 0 Å². The lowest BCUT2D eigenvalue weighted by Gasteiger charge is -2.39. The van der Waals surface area contributed by atoms with Gasteiger partial charge in [0.2, 0.25) is 0 Å². The van der Waals surface area contributed by atoms with E-state index in [1.54, 1.807) is 0 Å². The van der Waals surface area contributed by atoms with Crippen molar-refractivity contribution in [1.82, 2.24) is 4.98 Å². The molecule has 6 heteroatoms. The molecule has 36 heavy (non-hydrogen) atoms. The number of alkyl halides is 4. The van der Waals surface area contributed by atoms with E-state index in [4.69, 9.17) is 4.98 Å². The van der Waals surface area contributed by atoms with Crippen molar-refractivity contribution in [3.63, 3.8) is 0 Å². The van der Waals surface area contributed by atoms with Crippen LogP contribution < -0.4 is 0 Å². The van der Waals surface area contributed by atoms with E-state index < -0.39 is 24.0 Å². The van der Waals surface area contributed by atoms with Crippen LogP contribution in [0, 0.1) is 5.41 Å². The van der Waals surface area contributed by atoms with Crippen LogP contribution in [0.3, 0.4) is 0 Å². The highest BCUT2D eigenvalue weighted by Crippen LogP contribution is 2.51. The molecule has 0 radical (unpaired) electrons. The highest BCUT2D eigenvalue weighted by atomic mass is 19.4. The lowest BCUT2D eigenvalue weighted by molar-refractivity contribution is -0.137. The number of benzene rings is 1. The van der Waals surface area contributed by atoms with E-state index in [-0.39, 0.29) is 22.8 Å². The van der Waals surface area contributed by atoms with E-state index in [0.717, 1.165) is 98.9 Å². The molecule has 1 aromatic carbocycles. The first-order chi connectivity index (χ1) is 17.0. The number of aliphatic hydroxyl groups is 1. The van der Waals surface area contributed by atoms with Crippen LogP contribution in [-0.2, 0) is 12.6 Å². The van der Waals surface area contributed by atoms with Gasteiger partial charge >= 0.3 is 6.18 Å². The maximum Gasteiger partial charge on any atom is 0.416 e. The molecule has 0 saturated heterocycles. The van der Waals surface area contributed by atoms with Crippen LogP contribution in [0.4, 0.5) is 17.6 Å². The Labute approximate surface area is 211 Å². The summed E-state index contributed by atoms with van der Waals surface area (Å²) in [5.41, 5.74) is 3.35. The van der Waals surface area contributed by atoms with Crippen LogP contribution in [0.1, 0.15) is 141 Å². The number of rotatable bonds is 4. The summed E-state index contributed by atoms with van der Waals surface area (Å²) in [6.45, 7) is 4.29. The predicted molar refractivity (Wildman–Crippen MR) is 133 cm³/mol. The Hall–Kier alpha value is -1.95. The van der Waals surface area contributed by atoms with E-state index in [1.165, 1.54) is 12.1 Å². The van der Waals surface area contributed by atoms with E-state index in [1.807, 2.05) is 0 Å². The average Bonchev–Trinajstić information content (AvgIpc) is 3.37. The first-order valence-corrected chi connectivity index (χ1v) is 13.6. The van der Waals surface area contributed by atoms with E-state index in [2.05, 4.69) is 13.8 Å². The van der Waals surface area contributed by atoms with Gasteiger partial charge < -0.3 is 5.11 Å². The maximum atomic E-state index is 16.7. The summed E-state index contributed by atoms with van der Waals surface area (Å²) in [6.07, 6.45) is 3.85. The summed E-state index contributed by atoms with van der Waals surface area (Å²) in [5.74, 6) is 0.303. The van der Waals surface area contributed by atoms with E-state index >= 15 is 4.39 Å². The van der Waals surface area contributed by atoms with Crippen molar-refractivity contribution in [3.05, 3.63) is 63.5 Å². The lowest BCUT2D eigenvalue weighted by Crippen LogP contribution is -2.30. The second-order valence-electron chi connectivity index (χ2n) is 12.0. The van der Waals surface area contributed by atoms with Gasteiger partial charge in [0.05, 0.1) is 17.4 Å².